The Kier molecular flexibility index (Phi) is 5.30. The molecule has 1 aromatic rings. The maximum Gasteiger partial charge on any atom is 0.231 e. The van der Waals surface area contributed by atoms with Crippen molar-refractivity contribution in [1.82, 2.24) is 9.71 Å². The molecule has 0 saturated carbocycles. The molecule has 8 heteroatoms. The number of amides is 1. The standard InChI is InChI=1S/C13H21N3O4S/c1-9-6-11(20-4)14-7-10(9)16-12(17)13(2,3)8-15-21(5,18)19/h6-7,15H,8H2,1-5H3,(H,16,17). The largest absolute Gasteiger partial charge is 0.481 e. The van der Waals surface area contributed by atoms with E-state index < -0.39 is 15.4 Å². The van der Waals surface area contributed by atoms with Crippen LogP contribution in [-0.4, -0.2) is 39.2 Å². The molecule has 0 saturated heterocycles. The van der Waals surface area contributed by atoms with Crippen molar-refractivity contribution < 1.29 is 17.9 Å². The number of methoxy groups -OCH3 is 1. The molecule has 0 spiro atoms. The van der Waals surface area contributed by atoms with Gasteiger partial charge in [0, 0.05) is 12.6 Å². The Balaban J connectivity index is 2.80. The van der Waals surface area contributed by atoms with Crippen molar-refractivity contribution in [3.8, 4) is 5.88 Å². The van der Waals surface area contributed by atoms with E-state index in [0.717, 1.165) is 11.8 Å². The van der Waals surface area contributed by atoms with Gasteiger partial charge >= 0.3 is 0 Å². The number of carbonyl (C=O) groups is 1. The molecule has 1 amide bonds. The van der Waals surface area contributed by atoms with Gasteiger partial charge in [0.2, 0.25) is 21.8 Å². The highest BCUT2D eigenvalue weighted by Gasteiger charge is 2.29. The monoisotopic (exact) mass is 315 g/mol. The second-order valence-electron chi connectivity index (χ2n) is 5.47. The molecule has 1 rings (SSSR count). The molecule has 0 aromatic carbocycles. The van der Waals surface area contributed by atoms with Crippen molar-refractivity contribution in [2.75, 3.05) is 25.2 Å². The number of hydrogen-bond acceptors (Lipinski definition) is 5. The summed E-state index contributed by atoms with van der Waals surface area (Å²) in [5.74, 6) is 0.164. The first kappa shape index (κ1) is 17.4. The fraction of sp³-hybridized carbons (Fsp3) is 0.538. The van der Waals surface area contributed by atoms with Crippen LogP contribution in [0.15, 0.2) is 12.3 Å². The average Bonchev–Trinajstić information content (AvgIpc) is 2.38. The van der Waals surface area contributed by atoms with Gasteiger partial charge in [-0.05, 0) is 26.3 Å². The number of ether oxygens (including phenoxy) is 1. The lowest BCUT2D eigenvalue weighted by molar-refractivity contribution is -0.123. The minimum atomic E-state index is -3.34. The normalized spacial score (nSPS) is 12.0. The van der Waals surface area contributed by atoms with Crippen LogP contribution in [-0.2, 0) is 14.8 Å². The van der Waals surface area contributed by atoms with E-state index in [1.165, 1.54) is 13.3 Å². The molecule has 21 heavy (non-hydrogen) atoms. The summed E-state index contributed by atoms with van der Waals surface area (Å²) in [4.78, 5) is 16.3. The summed E-state index contributed by atoms with van der Waals surface area (Å²) in [5.41, 5.74) is 0.477. The lowest BCUT2D eigenvalue weighted by Crippen LogP contribution is -2.41. The van der Waals surface area contributed by atoms with Crippen LogP contribution in [0.3, 0.4) is 0 Å². The maximum atomic E-state index is 12.3. The van der Waals surface area contributed by atoms with Crippen LogP contribution in [0.2, 0.25) is 0 Å². The zero-order valence-electron chi connectivity index (χ0n) is 12.9. The van der Waals surface area contributed by atoms with E-state index >= 15 is 0 Å². The molecule has 118 valence electrons. The number of carbonyl (C=O) groups excluding carboxylic acids is 1. The van der Waals surface area contributed by atoms with E-state index in [4.69, 9.17) is 4.74 Å². The molecular weight excluding hydrogens is 294 g/mol. The number of sulfonamides is 1. The molecule has 0 aliphatic rings. The van der Waals surface area contributed by atoms with Gasteiger partial charge in [-0.1, -0.05) is 0 Å². The summed E-state index contributed by atoms with van der Waals surface area (Å²) < 4.78 is 29.6. The molecule has 7 nitrogen and oxygen atoms in total. The maximum absolute atomic E-state index is 12.3. The summed E-state index contributed by atoms with van der Waals surface area (Å²) >= 11 is 0. The summed E-state index contributed by atoms with van der Waals surface area (Å²) in [6.07, 6.45) is 2.56. The van der Waals surface area contributed by atoms with E-state index in [2.05, 4.69) is 15.0 Å². The first-order valence-electron chi connectivity index (χ1n) is 6.32. The van der Waals surface area contributed by atoms with Crippen LogP contribution in [0.25, 0.3) is 0 Å². The van der Waals surface area contributed by atoms with Gasteiger partial charge in [-0.2, -0.15) is 0 Å². The SMILES string of the molecule is COc1cc(C)c(NC(=O)C(C)(C)CNS(C)(=O)=O)cn1. The van der Waals surface area contributed by atoms with Gasteiger partial charge in [0.1, 0.15) is 0 Å². The molecule has 0 unspecified atom stereocenters. The third-order valence-corrected chi connectivity index (χ3v) is 3.60. The van der Waals surface area contributed by atoms with Crippen molar-refractivity contribution in [3.05, 3.63) is 17.8 Å². The molecule has 2 N–H and O–H groups in total. The van der Waals surface area contributed by atoms with Crippen molar-refractivity contribution in [2.24, 2.45) is 5.41 Å². The van der Waals surface area contributed by atoms with Crippen LogP contribution in [0.4, 0.5) is 5.69 Å². The quantitative estimate of drug-likeness (QED) is 0.813. The van der Waals surface area contributed by atoms with E-state index in [9.17, 15) is 13.2 Å². The Hall–Kier alpha value is -1.67. The van der Waals surface area contributed by atoms with Gasteiger partial charge < -0.3 is 10.1 Å². The molecule has 0 bridgehead atoms. The second-order valence-corrected chi connectivity index (χ2v) is 7.31. The van der Waals surface area contributed by atoms with E-state index in [1.54, 1.807) is 19.9 Å². The first-order chi connectivity index (χ1) is 9.55. The van der Waals surface area contributed by atoms with Gasteiger partial charge in [-0.25, -0.2) is 18.1 Å². The molecular formula is C13H21N3O4S. The van der Waals surface area contributed by atoms with E-state index in [1.807, 2.05) is 6.92 Å². The van der Waals surface area contributed by atoms with Crippen molar-refractivity contribution in [1.29, 1.82) is 0 Å². The van der Waals surface area contributed by atoms with Crippen molar-refractivity contribution in [2.45, 2.75) is 20.8 Å². The van der Waals surface area contributed by atoms with Gasteiger partial charge in [0.25, 0.3) is 0 Å². The molecule has 0 atom stereocenters. The molecule has 1 heterocycles. The van der Waals surface area contributed by atoms with E-state index in [0.29, 0.717) is 11.6 Å². The number of hydrogen-bond donors (Lipinski definition) is 2. The van der Waals surface area contributed by atoms with Gasteiger partial charge in [-0.3, -0.25) is 4.79 Å². The Labute approximate surface area is 125 Å². The number of aromatic nitrogens is 1. The molecule has 0 fully saturated rings. The number of anilines is 1. The van der Waals surface area contributed by atoms with Crippen LogP contribution in [0.1, 0.15) is 19.4 Å². The third-order valence-electron chi connectivity index (χ3n) is 2.93. The summed E-state index contributed by atoms with van der Waals surface area (Å²) in [7, 11) is -1.83. The van der Waals surface area contributed by atoms with Crippen LogP contribution in [0, 0.1) is 12.3 Å². The van der Waals surface area contributed by atoms with Gasteiger partial charge in [0.15, 0.2) is 0 Å². The lowest BCUT2D eigenvalue weighted by atomic mass is 9.92. The predicted molar refractivity (Wildman–Crippen MR) is 80.8 cm³/mol. The Morgan fingerprint density at radius 2 is 2.05 bits per heavy atom. The third kappa shape index (κ3) is 5.31. The molecule has 0 aliphatic heterocycles. The number of rotatable bonds is 6. The highest BCUT2D eigenvalue weighted by atomic mass is 32.2. The Morgan fingerprint density at radius 1 is 1.43 bits per heavy atom. The van der Waals surface area contributed by atoms with Crippen molar-refractivity contribution in [3.63, 3.8) is 0 Å². The van der Waals surface area contributed by atoms with Crippen LogP contribution >= 0.6 is 0 Å². The van der Waals surface area contributed by atoms with Crippen LogP contribution in [0.5, 0.6) is 5.88 Å². The molecule has 0 aliphatic carbocycles. The molecule has 0 radical (unpaired) electrons. The minimum Gasteiger partial charge on any atom is -0.481 e. The number of pyridine rings is 1. The zero-order valence-corrected chi connectivity index (χ0v) is 13.7. The highest BCUT2D eigenvalue weighted by Crippen LogP contribution is 2.22. The number of nitrogens with zero attached hydrogens (tertiary/aromatic N) is 1. The highest BCUT2D eigenvalue weighted by molar-refractivity contribution is 7.88. The number of nitrogens with one attached hydrogen (secondary N) is 2. The fourth-order valence-electron chi connectivity index (χ4n) is 1.46. The van der Waals surface area contributed by atoms with E-state index in [-0.39, 0.29) is 12.5 Å². The zero-order chi connectivity index (χ0) is 16.3. The Morgan fingerprint density at radius 3 is 2.52 bits per heavy atom. The summed E-state index contributed by atoms with van der Waals surface area (Å²) in [6.45, 7) is 5.15. The van der Waals surface area contributed by atoms with Crippen molar-refractivity contribution >= 4 is 21.6 Å². The van der Waals surface area contributed by atoms with Gasteiger partial charge in [0.05, 0.1) is 30.7 Å². The smallest absolute Gasteiger partial charge is 0.231 e. The summed E-state index contributed by atoms with van der Waals surface area (Å²) in [5, 5.41) is 2.75. The number of aryl methyl sites for hydroxylation is 1. The topological polar surface area (TPSA) is 97.4 Å². The molecule has 1 aromatic heterocycles. The first-order valence-corrected chi connectivity index (χ1v) is 8.21. The minimum absolute atomic E-state index is 0.0142. The van der Waals surface area contributed by atoms with Crippen LogP contribution < -0.4 is 14.8 Å². The second kappa shape index (κ2) is 6.40. The summed E-state index contributed by atoms with van der Waals surface area (Å²) in [6, 6.07) is 1.71. The average molecular weight is 315 g/mol. The van der Waals surface area contributed by atoms with Gasteiger partial charge in [-0.15, -0.1) is 0 Å². The fourth-order valence-corrected chi connectivity index (χ4v) is 2.08. The lowest BCUT2D eigenvalue weighted by Gasteiger charge is -2.24. The Bertz CT molecular complexity index is 626. The predicted octanol–water partition coefficient (Wildman–Crippen LogP) is 0.913.